The number of phenols is 1. The lowest BCUT2D eigenvalue weighted by atomic mass is 10.1. The summed E-state index contributed by atoms with van der Waals surface area (Å²) in [6, 6.07) is 6.78. The van der Waals surface area contributed by atoms with E-state index in [1.54, 1.807) is 38.5 Å². The highest BCUT2D eigenvalue weighted by Gasteiger charge is 2.10. The van der Waals surface area contributed by atoms with Gasteiger partial charge in [0.1, 0.15) is 5.75 Å². The van der Waals surface area contributed by atoms with Crippen molar-refractivity contribution in [3.05, 3.63) is 29.8 Å². The van der Waals surface area contributed by atoms with Gasteiger partial charge >= 0.3 is 0 Å². The Balaban J connectivity index is 2.40. The molecule has 1 unspecified atom stereocenters. The third-order valence-electron chi connectivity index (χ3n) is 2.56. The number of hydrogen-bond donors (Lipinski definition) is 2. The molecule has 18 heavy (non-hydrogen) atoms. The normalized spacial score (nSPS) is 12.1. The molecule has 1 atom stereocenters. The highest BCUT2D eigenvalue weighted by atomic mass is 16.5. The minimum Gasteiger partial charge on any atom is -0.508 e. The van der Waals surface area contributed by atoms with Crippen molar-refractivity contribution in [2.24, 2.45) is 0 Å². The molecule has 2 N–H and O–H groups in total. The Labute approximate surface area is 107 Å². The van der Waals surface area contributed by atoms with E-state index >= 15 is 0 Å². The molecule has 0 saturated heterocycles. The summed E-state index contributed by atoms with van der Waals surface area (Å²) in [5.74, 6) is -0.0255. The van der Waals surface area contributed by atoms with Gasteiger partial charge in [0.2, 0.25) is 5.91 Å². The SMILES string of the molecule is COCC(CNC(=O)Cc1ccccc1O)OC. The van der Waals surface area contributed by atoms with Crippen LogP contribution in [0.3, 0.4) is 0 Å². The van der Waals surface area contributed by atoms with Crippen molar-refractivity contribution < 1.29 is 19.4 Å². The highest BCUT2D eigenvalue weighted by Crippen LogP contribution is 2.15. The number of phenolic OH excluding ortho intramolecular Hbond substituents is 1. The molecule has 0 aliphatic carbocycles. The molecule has 0 aromatic heterocycles. The van der Waals surface area contributed by atoms with Gasteiger partial charge in [0.25, 0.3) is 0 Å². The van der Waals surface area contributed by atoms with E-state index < -0.39 is 0 Å². The van der Waals surface area contributed by atoms with Crippen molar-refractivity contribution >= 4 is 5.91 Å². The first-order valence-electron chi connectivity index (χ1n) is 5.72. The summed E-state index contributed by atoms with van der Waals surface area (Å²) in [5.41, 5.74) is 0.607. The van der Waals surface area contributed by atoms with Crippen LogP contribution in [0, 0.1) is 0 Å². The van der Waals surface area contributed by atoms with Crippen molar-refractivity contribution in [2.45, 2.75) is 12.5 Å². The molecule has 0 bridgehead atoms. The molecule has 1 aromatic carbocycles. The monoisotopic (exact) mass is 253 g/mol. The largest absolute Gasteiger partial charge is 0.508 e. The predicted molar refractivity (Wildman–Crippen MR) is 67.5 cm³/mol. The zero-order chi connectivity index (χ0) is 13.4. The van der Waals surface area contributed by atoms with Crippen LogP contribution in [0.1, 0.15) is 5.56 Å². The second-order valence-electron chi connectivity index (χ2n) is 3.92. The summed E-state index contributed by atoms with van der Waals surface area (Å²) in [5, 5.41) is 12.3. The topological polar surface area (TPSA) is 67.8 Å². The molecule has 100 valence electrons. The van der Waals surface area contributed by atoms with Gasteiger partial charge in [0, 0.05) is 26.3 Å². The Morgan fingerprint density at radius 3 is 2.72 bits per heavy atom. The fourth-order valence-corrected chi connectivity index (χ4v) is 1.52. The Hall–Kier alpha value is -1.59. The maximum absolute atomic E-state index is 11.7. The molecule has 5 heteroatoms. The van der Waals surface area contributed by atoms with Gasteiger partial charge < -0.3 is 19.9 Å². The van der Waals surface area contributed by atoms with Crippen LogP contribution in [0.15, 0.2) is 24.3 Å². The van der Waals surface area contributed by atoms with Gasteiger partial charge in [-0.25, -0.2) is 0 Å². The maximum atomic E-state index is 11.7. The minimum atomic E-state index is -0.164. The lowest BCUT2D eigenvalue weighted by Crippen LogP contribution is -2.36. The van der Waals surface area contributed by atoms with Crippen molar-refractivity contribution in [1.29, 1.82) is 0 Å². The standard InChI is InChI=1S/C13H19NO4/c1-17-9-11(18-2)8-14-13(16)7-10-5-3-4-6-12(10)15/h3-6,11,15H,7-9H2,1-2H3,(H,14,16). The van der Waals surface area contributed by atoms with Gasteiger partial charge in [-0.3, -0.25) is 4.79 Å². The van der Waals surface area contributed by atoms with E-state index in [0.717, 1.165) is 0 Å². The van der Waals surface area contributed by atoms with Gasteiger partial charge in [-0.05, 0) is 6.07 Å². The smallest absolute Gasteiger partial charge is 0.224 e. The van der Waals surface area contributed by atoms with Gasteiger partial charge in [-0.15, -0.1) is 0 Å². The number of nitrogens with one attached hydrogen (secondary N) is 1. The van der Waals surface area contributed by atoms with Crippen LogP contribution in [0.25, 0.3) is 0 Å². The number of benzene rings is 1. The van der Waals surface area contributed by atoms with Gasteiger partial charge in [-0.2, -0.15) is 0 Å². The summed E-state index contributed by atoms with van der Waals surface area (Å²) < 4.78 is 10.1. The van der Waals surface area contributed by atoms with Crippen LogP contribution in [0.5, 0.6) is 5.75 Å². The predicted octanol–water partition coefficient (Wildman–Crippen LogP) is 0.712. The molecule has 0 spiro atoms. The number of carbonyl (C=O) groups excluding carboxylic acids is 1. The van der Waals surface area contributed by atoms with Crippen LogP contribution in [-0.4, -0.2) is 44.5 Å². The Bertz CT molecular complexity index is 381. The lowest BCUT2D eigenvalue weighted by molar-refractivity contribution is -0.121. The number of amides is 1. The molecule has 0 radical (unpaired) electrons. The Morgan fingerprint density at radius 2 is 2.11 bits per heavy atom. The third kappa shape index (κ3) is 4.73. The molecule has 1 amide bonds. The highest BCUT2D eigenvalue weighted by molar-refractivity contribution is 5.79. The molecule has 0 fully saturated rings. The fourth-order valence-electron chi connectivity index (χ4n) is 1.52. The molecule has 0 heterocycles. The maximum Gasteiger partial charge on any atom is 0.224 e. The molecule has 0 aliphatic rings. The van der Waals surface area contributed by atoms with Crippen LogP contribution in [0.4, 0.5) is 0 Å². The average Bonchev–Trinajstić information content (AvgIpc) is 2.37. The van der Waals surface area contributed by atoms with Crippen molar-refractivity contribution in [2.75, 3.05) is 27.4 Å². The quantitative estimate of drug-likeness (QED) is 0.751. The third-order valence-corrected chi connectivity index (χ3v) is 2.56. The second-order valence-corrected chi connectivity index (χ2v) is 3.92. The number of carbonyl (C=O) groups is 1. The first kappa shape index (κ1) is 14.5. The summed E-state index contributed by atoms with van der Waals surface area (Å²) in [6.45, 7) is 0.810. The number of para-hydroxylation sites is 1. The lowest BCUT2D eigenvalue weighted by Gasteiger charge is -2.15. The summed E-state index contributed by atoms with van der Waals surface area (Å²) in [4.78, 5) is 11.7. The summed E-state index contributed by atoms with van der Waals surface area (Å²) in [7, 11) is 3.15. The van der Waals surface area contributed by atoms with E-state index in [9.17, 15) is 9.90 Å². The first-order valence-corrected chi connectivity index (χ1v) is 5.72. The van der Waals surface area contributed by atoms with E-state index in [1.165, 1.54) is 0 Å². The first-order chi connectivity index (χ1) is 8.67. The van der Waals surface area contributed by atoms with Crippen LogP contribution < -0.4 is 5.32 Å². The van der Waals surface area contributed by atoms with Crippen LogP contribution >= 0.6 is 0 Å². The number of aromatic hydroxyl groups is 1. The molecule has 1 rings (SSSR count). The molecular weight excluding hydrogens is 234 g/mol. The van der Waals surface area contributed by atoms with E-state index in [4.69, 9.17) is 9.47 Å². The number of methoxy groups -OCH3 is 2. The van der Waals surface area contributed by atoms with Crippen LogP contribution in [0.2, 0.25) is 0 Å². The van der Waals surface area contributed by atoms with E-state index in [-0.39, 0.29) is 24.2 Å². The minimum absolute atomic E-state index is 0.132. The Morgan fingerprint density at radius 1 is 1.39 bits per heavy atom. The molecular formula is C13H19NO4. The Kier molecular flexibility index (Phi) is 6.18. The van der Waals surface area contributed by atoms with E-state index in [1.807, 2.05) is 0 Å². The zero-order valence-corrected chi connectivity index (χ0v) is 10.7. The van der Waals surface area contributed by atoms with Crippen LogP contribution in [-0.2, 0) is 20.7 Å². The summed E-state index contributed by atoms with van der Waals surface area (Å²) >= 11 is 0. The van der Waals surface area contributed by atoms with E-state index in [2.05, 4.69) is 5.32 Å². The van der Waals surface area contributed by atoms with E-state index in [0.29, 0.717) is 18.7 Å². The summed E-state index contributed by atoms with van der Waals surface area (Å²) in [6.07, 6.45) is -0.0147. The zero-order valence-electron chi connectivity index (χ0n) is 10.7. The van der Waals surface area contributed by atoms with Gasteiger partial charge in [-0.1, -0.05) is 18.2 Å². The molecule has 5 nitrogen and oxygen atoms in total. The number of hydrogen-bond acceptors (Lipinski definition) is 4. The molecule has 0 aliphatic heterocycles. The molecule has 0 saturated carbocycles. The van der Waals surface area contributed by atoms with Crippen molar-refractivity contribution in [3.63, 3.8) is 0 Å². The van der Waals surface area contributed by atoms with Crippen molar-refractivity contribution in [3.8, 4) is 5.75 Å². The molecule has 1 aromatic rings. The average molecular weight is 253 g/mol. The number of ether oxygens (including phenoxy) is 2. The van der Waals surface area contributed by atoms with Crippen molar-refractivity contribution in [1.82, 2.24) is 5.32 Å². The van der Waals surface area contributed by atoms with Gasteiger partial charge in [0.05, 0.1) is 19.1 Å². The van der Waals surface area contributed by atoms with Gasteiger partial charge in [0.15, 0.2) is 0 Å². The number of rotatable bonds is 7. The fraction of sp³-hybridized carbons (Fsp3) is 0.462. The second kappa shape index (κ2) is 7.68.